The first-order valence-electron chi connectivity index (χ1n) is 9.59. The molecule has 2 heterocycles. The summed E-state index contributed by atoms with van der Waals surface area (Å²) in [5, 5.41) is 7.93. The number of hydrogen-bond acceptors (Lipinski definition) is 4. The third-order valence-corrected chi connectivity index (χ3v) is 5.09. The number of hydrogen-bond donors (Lipinski definition) is 0. The second-order valence-corrected chi connectivity index (χ2v) is 7.02. The first-order valence-corrected chi connectivity index (χ1v) is 9.59. The zero-order chi connectivity index (χ0) is 18.2. The standard InChI is InChI=1S/C20H29N5O/c1-23-17-21-22-19(23)10-11-20(26)25-14-6-13-24(15-16-25)12-5-9-18-7-3-2-4-8-18/h2-4,7-8,17H,5-6,9-16H2,1H3. The zero-order valence-corrected chi connectivity index (χ0v) is 15.7. The van der Waals surface area contributed by atoms with Crippen LogP contribution in [0.15, 0.2) is 36.7 Å². The Hall–Kier alpha value is -2.21. The van der Waals surface area contributed by atoms with Crippen LogP contribution in [0.4, 0.5) is 0 Å². The third-order valence-electron chi connectivity index (χ3n) is 5.09. The van der Waals surface area contributed by atoms with E-state index < -0.39 is 0 Å². The lowest BCUT2D eigenvalue weighted by Gasteiger charge is -2.22. The molecule has 2 aromatic rings. The van der Waals surface area contributed by atoms with E-state index in [1.165, 1.54) is 12.0 Å². The van der Waals surface area contributed by atoms with Crippen molar-refractivity contribution in [2.24, 2.45) is 7.05 Å². The van der Waals surface area contributed by atoms with E-state index in [0.717, 1.165) is 51.4 Å². The van der Waals surface area contributed by atoms with E-state index in [1.807, 2.05) is 16.5 Å². The molecule has 0 radical (unpaired) electrons. The number of aromatic nitrogens is 3. The van der Waals surface area contributed by atoms with Crippen molar-refractivity contribution < 1.29 is 4.79 Å². The van der Waals surface area contributed by atoms with Crippen LogP contribution in [-0.4, -0.2) is 63.2 Å². The lowest BCUT2D eigenvalue weighted by Crippen LogP contribution is -2.35. The van der Waals surface area contributed by atoms with Gasteiger partial charge < -0.3 is 14.4 Å². The topological polar surface area (TPSA) is 54.3 Å². The van der Waals surface area contributed by atoms with Crippen molar-refractivity contribution in [3.8, 4) is 0 Å². The van der Waals surface area contributed by atoms with Crippen LogP contribution >= 0.6 is 0 Å². The average molecular weight is 355 g/mol. The van der Waals surface area contributed by atoms with Gasteiger partial charge in [0, 0.05) is 39.5 Å². The Balaban J connectivity index is 1.38. The van der Waals surface area contributed by atoms with Gasteiger partial charge in [0.2, 0.25) is 5.91 Å². The van der Waals surface area contributed by atoms with Crippen molar-refractivity contribution in [2.45, 2.75) is 32.1 Å². The summed E-state index contributed by atoms with van der Waals surface area (Å²) in [5.41, 5.74) is 1.41. The molecule has 140 valence electrons. The molecular weight excluding hydrogens is 326 g/mol. The maximum absolute atomic E-state index is 12.5. The van der Waals surface area contributed by atoms with Gasteiger partial charge in [-0.05, 0) is 37.9 Å². The highest BCUT2D eigenvalue weighted by Gasteiger charge is 2.19. The fraction of sp³-hybridized carbons (Fsp3) is 0.550. The molecular formula is C20H29N5O. The Morgan fingerprint density at radius 3 is 2.69 bits per heavy atom. The first-order chi connectivity index (χ1) is 12.7. The van der Waals surface area contributed by atoms with Gasteiger partial charge in [0.15, 0.2) is 0 Å². The lowest BCUT2D eigenvalue weighted by molar-refractivity contribution is -0.131. The number of nitrogens with zero attached hydrogens (tertiary/aromatic N) is 5. The van der Waals surface area contributed by atoms with Crippen molar-refractivity contribution in [2.75, 3.05) is 32.7 Å². The molecule has 1 aromatic heterocycles. The van der Waals surface area contributed by atoms with E-state index in [-0.39, 0.29) is 5.91 Å². The highest BCUT2D eigenvalue weighted by molar-refractivity contribution is 5.76. The van der Waals surface area contributed by atoms with E-state index in [9.17, 15) is 4.79 Å². The summed E-state index contributed by atoms with van der Waals surface area (Å²) in [6, 6.07) is 10.7. The fourth-order valence-corrected chi connectivity index (χ4v) is 3.51. The van der Waals surface area contributed by atoms with Gasteiger partial charge >= 0.3 is 0 Å². The maximum Gasteiger partial charge on any atom is 0.223 e. The minimum atomic E-state index is 0.235. The number of amides is 1. The van der Waals surface area contributed by atoms with Gasteiger partial charge in [-0.25, -0.2) is 0 Å². The largest absolute Gasteiger partial charge is 0.341 e. The van der Waals surface area contributed by atoms with Crippen LogP contribution in [0.1, 0.15) is 30.7 Å². The van der Waals surface area contributed by atoms with Crippen molar-refractivity contribution in [1.82, 2.24) is 24.6 Å². The number of aryl methyl sites for hydroxylation is 3. The summed E-state index contributed by atoms with van der Waals surface area (Å²) >= 11 is 0. The molecule has 26 heavy (non-hydrogen) atoms. The minimum absolute atomic E-state index is 0.235. The first kappa shape index (κ1) is 18.6. The summed E-state index contributed by atoms with van der Waals surface area (Å²) in [6.45, 7) is 4.87. The minimum Gasteiger partial charge on any atom is -0.341 e. The van der Waals surface area contributed by atoms with Gasteiger partial charge in [-0.1, -0.05) is 30.3 Å². The summed E-state index contributed by atoms with van der Waals surface area (Å²) in [6.07, 6.45) is 6.20. The molecule has 1 aliphatic rings. The Morgan fingerprint density at radius 1 is 1.08 bits per heavy atom. The number of benzene rings is 1. The SMILES string of the molecule is Cn1cnnc1CCC(=O)N1CCCN(CCCc2ccccc2)CC1. The predicted molar refractivity (Wildman–Crippen MR) is 102 cm³/mol. The van der Waals surface area contributed by atoms with Gasteiger partial charge in [0.25, 0.3) is 0 Å². The Kier molecular flexibility index (Phi) is 6.77. The monoisotopic (exact) mass is 355 g/mol. The normalized spacial score (nSPS) is 15.8. The Labute approximate surface area is 155 Å². The van der Waals surface area contributed by atoms with Crippen molar-refractivity contribution in [3.63, 3.8) is 0 Å². The van der Waals surface area contributed by atoms with Crippen LogP contribution in [0.25, 0.3) is 0 Å². The maximum atomic E-state index is 12.5. The molecule has 1 aliphatic heterocycles. The summed E-state index contributed by atoms with van der Waals surface area (Å²) in [4.78, 5) is 17.0. The summed E-state index contributed by atoms with van der Waals surface area (Å²) < 4.78 is 1.88. The Morgan fingerprint density at radius 2 is 1.92 bits per heavy atom. The van der Waals surface area contributed by atoms with E-state index >= 15 is 0 Å². The molecule has 6 heteroatoms. The molecule has 0 unspecified atom stereocenters. The molecule has 1 amide bonds. The zero-order valence-electron chi connectivity index (χ0n) is 15.7. The Bertz CT molecular complexity index is 685. The van der Waals surface area contributed by atoms with Gasteiger partial charge in [-0.3, -0.25) is 4.79 Å². The molecule has 0 bridgehead atoms. The fourth-order valence-electron chi connectivity index (χ4n) is 3.51. The molecule has 0 aliphatic carbocycles. The highest BCUT2D eigenvalue weighted by atomic mass is 16.2. The van der Waals surface area contributed by atoms with Crippen LogP contribution in [0.2, 0.25) is 0 Å². The highest BCUT2D eigenvalue weighted by Crippen LogP contribution is 2.09. The molecule has 0 N–H and O–H groups in total. The molecule has 0 atom stereocenters. The molecule has 6 nitrogen and oxygen atoms in total. The van der Waals surface area contributed by atoms with Crippen LogP contribution in [0.5, 0.6) is 0 Å². The average Bonchev–Trinajstić information content (AvgIpc) is 2.92. The lowest BCUT2D eigenvalue weighted by atomic mass is 10.1. The molecule has 1 saturated heterocycles. The second kappa shape index (κ2) is 9.48. The van der Waals surface area contributed by atoms with Crippen molar-refractivity contribution >= 4 is 5.91 Å². The predicted octanol–water partition coefficient (Wildman–Crippen LogP) is 1.91. The summed E-state index contributed by atoms with van der Waals surface area (Å²) in [7, 11) is 1.92. The third kappa shape index (κ3) is 5.39. The van der Waals surface area contributed by atoms with Crippen molar-refractivity contribution in [1.29, 1.82) is 0 Å². The molecule has 3 rings (SSSR count). The number of rotatable bonds is 7. The van der Waals surface area contributed by atoms with Gasteiger partial charge in [-0.2, -0.15) is 0 Å². The van der Waals surface area contributed by atoms with E-state index in [2.05, 4.69) is 45.4 Å². The molecule has 0 spiro atoms. The van der Waals surface area contributed by atoms with Crippen molar-refractivity contribution in [3.05, 3.63) is 48.0 Å². The van der Waals surface area contributed by atoms with E-state index in [1.54, 1.807) is 6.33 Å². The van der Waals surface area contributed by atoms with Gasteiger partial charge in [0.05, 0.1) is 0 Å². The quantitative estimate of drug-likeness (QED) is 0.761. The molecule has 1 aromatic carbocycles. The number of carbonyl (C=O) groups is 1. The second-order valence-electron chi connectivity index (χ2n) is 7.02. The van der Waals surface area contributed by atoms with E-state index in [0.29, 0.717) is 12.8 Å². The number of carbonyl (C=O) groups excluding carboxylic acids is 1. The smallest absolute Gasteiger partial charge is 0.223 e. The molecule has 0 saturated carbocycles. The van der Waals surface area contributed by atoms with Gasteiger partial charge in [-0.15, -0.1) is 10.2 Å². The van der Waals surface area contributed by atoms with Crippen LogP contribution in [0.3, 0.4) is 0 Å². The summed E-state index contributed by atoms with van der Waals surface area (Å²) in [5.74, 6) is 1.11. The van der Waals surface area contributed by atoms with Gasteiger partial charge in [0.1, 0.15) is 12.2 Å². The van der Waals surface area contributed by atoms with Crippen LogP contribution < -0.4 is 0 Å². The van der Waals surface area contributed by atoms with E-state index in [4.69, 9.17) is 0 Å². The molecule has 1 fully saturated rings. The van der Waals surface area contributed by atoms with Crippen LogP contribution in [0, 0.1) is 0 Å². The van der Waals surface area contributed by atoms with Crippen LogP contribution in [-0.2, 0) is 24.7 Å².